The zero-order valence-corrected chi connectivity index (χ0v) is 13.8. The number of aryl methyl sites for hydroxylation is 2. The van der Waals surface area contributed by atoms with Crippen molar-refractivity contribution in [3.05, 3.63) is 70.6 Å². The summed E-state index contributed by atoms with van der Waals surface area (Å²) in [6.07, 6.45) is 2.92. The highest BCUT2D eigenvalue weighted by molar-refractivity contribution is 5.76. The van der Waals surface area contributed by atoms with E-state index in [9.17, 15) is 4.79 Å². The van der Waals surface area contributed by atoms with Gasteiger partial charge in [-0.2, -0.15) is 0 Å². The molecule has 0 saturated carbocycles. The van der Waals surface area contributed by atoms with Gasteiger partial charge in [-0.05, 0) is 50.0 Å². The Labute approximate surface area is 141 Å². The molecule has 1 aliphatic heterocycles. The van der Waals surface area contributed by atoms with Crippen molar-refractivity contribution in [3.63, 3.8) is 0 Å². The Balaban J connectivity index is 1.72. The van der Waals surface area contributed by atoms with Gasteiger partial charge >= 0.3 is 5.69 Å². The molecule has 2 heterocycles. The number of rotatable bonds is 4. The lowest BCUT2D eigenvalue weighted by molar-refractivity contribution is 0.364. The van der Waals surface area contributed by atoms with Crippen LogP contribution in [-0.2, 0) is 13.0 Å². The maximum absolute atomic E-state index is 13.1. The van der Waals surface area contributed by atoms with E-state index in [1.165, 1.54) is 5.56 Å². The lowest BCUT2D eigenvalue weighted by atomic mass is 10.1. The third-order valence-corrected chi connectivity index (χ3v) is 5.01. The van der Waals surface area contributed by atoms with E-state index in [0.717, 1.165) is 49.9 Å². The average molecular weight is 321 g/mol. The first-order valence-corrected chi connectivity index (χ1v) is 8.79. The lowest BCUT2D eigenvalue weighted by Gasteiger charge is -2.23. The van der Waals surface area contributed by atoms with Crippen molar-refractivity contribution < 1.29 is 0 Å². The van der Waals surface area contributed by atoms with Gasteiger partial charge in [-0.1, -0.05) is 42.5 Å². The average Bonchev–Trinajstić information content (AvgIpc) is 2.93. The molecule has 3 aromatic rings. The Kier molecular flexibility index (Phi) is 4.22. The molecule has 0 unspecified atom stereocenters. The number of para-hydroxylation sites is 2. The molecule has 0 bridgehead atoms. The van der Waals surface area contributed by atoms with Gasteiger partial charge in [0, 0.05) is 12.6 Å². The minimum absolute atomic E-state index is 0.138. The Bertz CT molecular complexity index is 873. The molecular formula is C20H23N3O. The van der Waals surface area contributed by atoms with E-state index in [4.69, 9.17) is 0 Å². The van der Waals surface area contributed by atoms with Gasteiger partial charge < -0.3 is 5.32 Å². The van der Waals surface area contributed by atoms with Gasteiger partial charge in [0.15, 0.2) is 0 Å². The van der Waals surface area contributed by atoms with E-state index in [1.807, 2.05) is 27.3 Å². The zero-order valence-electron chi connectivity index (χ0n) is 13.8. The van der Waals surface area contributed by atoms with Crippen LogP contribution in [0.1, 0.15) is 24.4 Å². The van der Waals surface area contributed by atoms with Crippen LogP contribution in [0, 0.1) is 0 Å². The molecule has 0 radical (unpaired) electrons. The summed E-state index contributed by atoms with van der Waals surface area (Å²) in [6, 6.07) is 18.9. The third kappa shape index (κ3) is 2.78. The molecule has 4 nitrogen and oxygen atoms in total. The molecule has 4 rings (SSSR count). The second-order valence-electron chi connectivity index (χ2n) is 6.51. The largest absolute Gasteiger partial charge is 0.329 e. The monoisotopic (exact) mass is 321 g/mol. The molecule has 24 heavy (non-hydrogen) atoms. The molecule has 1 saturated heterocycles. The number of hydrogen-bond acceptors (Lipinski definition) is 2. The van der Waals surface area contributed by atoms with Crippen LogP contribution in [0.25, 0.3) is 11.0 Å². The number of nitrogens with zero attached hydrogens (tertiary/aromatic N) is 2. The number of aromatic nitrogens is 2. The summed E-state index contributed by atoms with van der Waals surface area (Å²) in [5.74, 6) is 0. The number of piperidine rings is 1. The second-order valence-corrected chi connectivity index (χ2v) is 6.51. The summed E-state index contributed by atoms with van der Waals surface area (Å²) >= 11 is 0. The standard InChI is InChI=1S/C20H23N3O/c24-20-22(15-12-16-6-2-1-3-7-16)18-8-4-5-9-19(18)23(20)17-10-13-21-14-11-17/h1-9,17,21H,10-15H2. The van der Waals surface area contributed by atoms with E-state index in [1.54, 1.807) is 0 Å². The number of imidazole rings is 1. The Morgan fingerprint density at radius 2 is 1.58 bits per heavy atom. The lowest BCUT2D eigenvalue weighted by Crippen LogP contribution is -2.35. The Hall–Kier alpha value is -2.33. The summed E-state index contributed by atoms with van der Waals surface area (Å²) in [5, 5.41) is 3.38. The summed E-state index contributed by atoms with van der Waals surface area (Å²) < 4.78 is 3.98. The molecule has 0 spiro atoms. The van der Waals surface area contributed by atoms with E-state index in [0.29, 0.717) is 6.04 Å². The maximum atomic E-state index is 13.1. The van der Waals surface area contributed by atoms with Crippen molar-refractivity contribution in [2.45, 2.75) is 31.8 Å². The van der Waals surface area contributed by atoms with Gasteiger partial charge in [-0.15, -0.1) is 0 Å². The van der Waals surface area contributed by atoms with Gasteiger partial charge in [-0.3, -0.25) is 9.13 Å². The third-order valence-electron chi connectivity index (χ3n) is 5.01. The predicted molar refractivity (Wildman–Crippen MR) is 97.5 cm³/mol. The number of hydrogen-bond donors (Lipinski definition) is 1. The van der Waals surface area contributed by atoms with E-state index < -0.39 is 0 Å². The van der Waals surface area contributed by atoms with Gasteiger partial charge in [0.25, 0.3) is 0 Å². The van der Waals surface area contributed by atoms with E-state index in [2.05, 4.69) is 41.7 Å². The smallest absolute Gasteiger partial charge is 0.317 e. The predicted octanol–water partition coefficient (Wildman–Crippen LogP) is 2.97. The highest BCUT2D eigenvalue weighted by Crippen LogP contribution is 2.23. The topological polar surface area (TPSA) is 39.0 Å². The fraction of sp³-hybridized carbons (Fsp3) is 0.350. The number of fused-ring (bicyclic) bond motifs is 1. The number of benzene rings is 2. The van der Waals surface area contributed by atoms with E-state index in [-0.39, 0.29) is 5.69 Å². The van der Waals surface area contributed by atoms with Crippen LogP contribution in [0.15, 0.2) is 59.4 Å². The molecule has 124 valence electrons. The van der Waals surface area contributed by atoms with Crippen LogP contribution < -0.4 is 11.0 Å². The first-order chi connectivity index (χ1) is 11.8. The van der Waals surface area contributed by atoms with Crippen LogP contribution in [-0.4, -0.2) is 22.2 Å². The molecule has 0 amide bonds. The SMILES string of the molecule is O=c1n(CCc2ccccc2)c2ccccc2n1C1CCNCC1. The van der Waals surface area contributed by atoms with Gasteiger partial charge in [0.1, 0.15) is 0 Å². The minimum atomic E-state index is 0.138. The van der Waals surface area contributed by atoms with Crippen LogP contribution in [0.4, 0.5) is 0 Å². The molecule has 0 aliphatic carbocycles. The summed E-state index contributed by atoms with van der Waals surface area (Å²) in [4.78, 5) is 13.1. The molecular weight excluding hydrogens is 298 g/mol. The normalized spacial score (nSPS) is 15.8. The highest BCUT2D eigenvalue weighted by atomic mass is 16.1. The van der Waals surface area contributed by atoms with Crippen LogP contribution in [0.5, 0.6) is 0 Å². The van der Waals surface area contributed by atoms with E-state index >= 15 is 0 Å². The molecule has 0 atom stereocenters. The van der Waals surface area contributed by atoms with Crippen molar-refractivity contribution in [3.8, 4) is 0 Å². The Morgan fingerprint density at radius 3 is 2.33 bits per heavy atom. The zero-order chi connectivity index (χ0) is 16.4. The summed E-state index contributed by atoms with van der Waals surface area (Å²) in [5.41, 5.74) is 3.53. The molecule has 4 heteroatoms. The van der Waals surface area contributed by atoms with Crippen molar-refractivity contribution in [1.29, 1.82) is 0 Å². The molecule has 1 aliphatic rings. The first kappa shape index (κ1) is 15.2. The molecule has 1 N–H and O–H groups in total. The number of nitrogens with one attached hydrogen (secondary N) is 1. The van der Waals surface area contributed by atoms with Crippen molar-refractivity contribution in [2.24, 2.45) is 0 Å². The Morgan fingerprint density at radius 1 is 0.917 bits per heavy atom. The first-order valence-electron chi connectivity index (χ1n) is 8.79. The maximum Gasteiger partial charge on any atom is 0.329 e. The minimum Gasteiger partial charge on any atom is -0.317 e. The summed E-state index contributed by atoms with van der Waals surface area (Å²) in [7, 11) is 0. The van der Waals surface area contributed by atoms with Crippen LogP contribution in [0.2, 0.25) is 0 Å². The van der Waals surface area contributed by atoms with Crippen molar-refractivity contribution in [2.75, 3.05) is 13.1 Å². The van der Waals surface area contributed by atoms with Gasteiger partial charge in [-0.25, -0.2) is 4.79 Å². The highest BCUT2D eigenvalue weighted by Gasteiger charge is 2.21. The van der Waals surface area contributed by atoms with Crippen molar-refractivity contribution in [1.82, 2.24) is 14.5 Å². The van der Waals surface area contributed by atoms with Gasteiger partial charge in [0.2, 0.25) is 0 Å². The van der Waals surface area contributed by atoms with Crippen molar-refractivity contribution >= 4 is 11.0 Å². The molecule has 1 aromatic heterocycles. The van der Waals surface area contributed by atoms with Crippen LogP contribution >= 0.6 is 0 Å². The molecule has 2 aromatic carbocycles. The fourth-order valence-corrected chi connectivity index (χ4v) is 3.75. The summed E-state index contributed by atoms with van der Waals surface area (Å²) in [6.45, 7) is 2.70. The fourth-order valence-electron chi connectivity index (χ4n) is 3.75. The molecule has 1 fully saturated rings. The quantitative estimate of drug-likeness (QED) is 0.802. The van der Waals surface area contributed by atoms with Gasteiger partial charge in [0.05, 0.1) is 11.0 Å². The second kappa shape index (κ2) is 6.65. The van der Waals surface area contributed by atoms with Crippen LogP contribution in [0.3, 0.4) is 0 Å².